The van der Waals surface area contributed by atoms with Crippen LogP contribution in [0, 0.1) is 0 Å². The predicted octanol–water partition coefficient (Wildman–Crippen LogP) is 0.629. The number of hydrogen-bond donors (Lipinski definition) is 1. The Balaban J connectivity index is 1.80. The van der Waals surface area contributed by atoms with Crippen LogP contribution < -0.4 is 10.1 Å². The number of carbonyl (C=O) groups excluding carboxylic acids is 3. The van der Waals surface area contributed by atoms with Gasteiger partial charge in [-0.3, -0.25) is 9.59 Å². The van der Waals surface area contributed by atoms with Crippen molar-refractivity contribution in [2.75, 3.05) is 13.7 Å². The Morgan fingerprint density at radius 3 is 2.62 bits per heavy atom. The van der Waals surface area contributed by atoms with Crippen molar-refractivity contribution in [2.24, 2.45) is 0 Å². The van der Waals surface area contributed by atoms with Gasteiger partial charge in [0.2, 0.25) is 5.91 Å². The molecule has 6 heteroatoms. The number of ketones is 1. The summed E-state index contributed by atoms with van der Waals surface area (Å²) in [4.78, 5) is 34.7. The molecule has 1 aromatic rings. The second-order valence-electron chi connectivity index (χ2n) is 4.82. The van der Waals surface area contributed by atoms with Crippen LogP contribution in [0.3, 0.4) is 0 Å². The van der Waals surface area contributed by atoms with E-state index in [-0.39, 0.29) is 18.6 Å². The van der Waals surface area contributed by atoms with Crippen molar-refractivity contribution >= 4 is 17.7 Å². The largest absolute Gasteiger partial charge is 0.497 e. The third-order valence-corrected chi connectivity index (χ3v) is 3.19. The quantitative estimate of drug-likeness (QED) is 0.614. The molecule has 0 aliphatic carbocycles. The number of esters is 1. The molecule has 0 radical (unpaired) electrons. The highest BCUT2D eigenvalue weighted by molar-refractivity contribution is 6.00. The SMILES string of the molecule is COc1ccc(CC(=O)CC(=O)NC2CCOC2=O)cc1. The number of methoxy groups -OCH3 is 1. The number of Topliss-reactive ketones (excluding diaryl/α,β-unsaturated/α-hetero) is 1. The summed E-state index contributed by atoms with van der Waals surface area (Å²) in [5.74, 6) is -0.379. The lowest BCUT2D eigenvalue weighted by molar-refractivity contribution is -0.141. The van der Waals surface area contributed by atoms with Crippen LogP contribution in [0.5, 0.6) is 5.75 Å². The van der Waals surface area contributed by atoms with Gasteiger partial charge in [0, 0.05) is 12.8 Å². The van der Waals surface area contributed by atoms with Crippen molar-refractivity contribution in [3.63, 3.8) is 0 Å². The van der Waals surface area contributed by atoms with E-state index in [1.807, 2.05) is 0 Å². The highest BCUT2D eigenvalue weighted by Crippen LogP contribution is 2.12. The predicted molar refractivity (Wildman–Crippen MR) is 73.8 cm³/mol. The molecular formula is C15H17NO5. The minimum atomic E-state index is -0.619. The van der Waals surface area contributed by atoms with Crippen molar-refractivity contribution < 1.29 is 23.9 Å². The van der Waals surface area contributed by atoms with E-state index in [2.05, 4.69) is 5.32 Å². The number of amides is 1. The zero-order valence-electron chi connectivity index (χ0n) is 11.8. The number of ether oxygens (including phenoxy) is 2. The van der Waals surface area contributed by atoms with E-state index in [9.17, 15) is 14.4 Å². The first-order valence-corrected chi connectivity index (χ1v) is 6.69. The lowest BCUT2D eigenvalue weighted by atomic mass is 10.1. The van der Waals surface area contributed by atoms with E-state index in [4.69, 9.17) is 9.47 Å². The Morgan fingerprint density at radius 1 is 1.33 bits per heavy atom. The second-order valence-corrected chi connectivity index (χ2v) is 4.82. The van der Waals surface area contributed by atoms with Gasteiger partial charge in [0.15, 0.2) is 0 Å². The van der Waals surface area contributed by atoms with Gasteiger partial charge < -0.3 is 14.8 Å². The molecule has 1 N–H and O–H groups in total. The minimum absolute atomic E-state index is 0.173. The number of rotatable bonds is 6. The fraction of sp³-hybridized carbons (Fsp3) is 0.400. The van der Waals surface area contributed by atoms with Crippen molar-refractivity contribution in [3.8, 4) is 5.75 Å². The molecule has 1 heterocycles. The first kappa shape index (κ1) is 15.0. The minimum Gasteiger partial charge on any atom is -0.497 e. The molecular weight excluding hydrogens is 274 g/mol. The van der Waals surface area contributed by atoms with E-state index in [0.717, 1.165) is 5.56 Å². The van der Waals surface area contributed by atoms with Gasteiger partial charge in [0.25, 0.3) is 0 Å². The lowest BCUT2D eigenvalue weighted by Gasteiger charge is -2.08. The fourth-order valence-electron chi connectivity index (χ4n) is 2.08. The molecule has 1 fully saturated rings. The number of nitrogens with one attached hydrogen (secondary N) is 1. The Bertz CT molecular complexity index is 537. The zero-order chi connectivity index (χ0) is 15.2. The fourth-order valence-corrected chi connectivity index (χ4v) is 2.08. The monoisotopic (exact) mass is 291 g/mol. The standard InChI is InChI=1S/C15H17NO5/c1-20-12-4-2-10(3-5-12)8-11(17)9-14(18)16-13-6-7-21-15(13)19/h2-5,13H,6-9H2,1H3,(H,16,18). The molecule has 2 rings (SSSR count). The van der Waals surface area contributed by atoms with Gasteiger partial charge in [-0.15, -0.1) is 0 Å². The molecule has 0 aromatic heterocycles. The van der Waals surface area contributed by atoms with Gasteiger partial charge in [-0.1, -0.05) is 12.1 Å². The van der Waals surface area contributed by atoms with E-state index < -0.39 is 17.9 Å². The number of carbonyl (C=O) groups is 3. The van der Waals surface area contributed by atoms with Crippen molar-refractivity contribution in [2.45, 2.75) is 25.3 Å². The van der Waals surface area contributed by atoms with E-state index in [1.54, 1.807) is 31.4 Å². The van der Waals surface area contributed by atoms with Gasteiger partial charge >= 0.3 is 5.97 Å². The van der Waals surface area contributed by atoms with Crippen LogP contribution >= 0.6 is 0 Å². The van der Waals surface area contributed by atoms with Gasteiger partial charge in [-0.25, -0.2) is 4.79 Å². The van der Waals surface area contributed by atoms with Crippen molar-refractivity contribution in [1.82, 2.24) is 5.32 Å². The van der Waals surface area contributed by atoms with Gasteiger partial charge in [0.05, 0.1) is 20.1 Å². The summed E-state index contributed by atoms with van der Waals surface area (Å²) in [5.41, 5.74) is 0.814. The first-order valence-electron chi connectivity index (χ1n) is 6.69. The van der Waals surface area contributed by atoms with Gasteiger partial charge in [0.1, 0.15) is 17.6 Å². The summed E-state index contributed by atoms with van der Waals surface area (Å²) in [6.07, 6.45) is 0.388. The van der Waals surface area contributed by atoms with Crippen LogP contribution in [0.2, 0.25) is 0 Å². The molecule has 112 valence electrons. The third-order valence-electron chi connectivity index (χ3n) is 3.19. The number of cyclic esters (lactones) is 1. The summed E-state index contributed by atoms with van der Waals surface area (Å²) in [5, 5.41) is 2.51. The van der Waals surface area contributed by atoms with Crippen LogP contribution in [0.4, 0.5) is 0 Å². The van der Waals surface area contributed by atoms with Crippen LogP contribution in [-0.2, 0) is 25.5 Å². The molecule has 1 amide bonds. The lowest BCUT2D eigenvalue weighted by Crippen LogP contribution is -2.38. The summed E-state index contributed by atoms with van der Waals surface area (Å²) in [6.45, 7) is 0.309. The maximum atomic E-state index is 11.8. The highest BCUT2D eigenvalue weighted by Gasteiger charge is 2.28. The molecule has 1 aliphatic heterocycles. The zero-order valence-corrected chi connectivity index (χ0v) is 11.8. The molecule has 1 unspecified atom stereocenters. The normalized spacial score (nSPS) is 17.2. The van der Waals surface area contributed by atoms with Gasteiger partial charge in [-0.05, 0) is 17.7 Å². The molecule has 21 heavy (non-hydrogen) atoms. The number of benzene rings is 1. The maximum absolute atomic E-state index is 11.8. The summed E-state index contributed by atoms with van der Waals surface area (Å²) in [7, 11) is 1.57. The van der Waals surface area contributed by atoms with E-state index in [1.165, 1.54) is 0 Å². The average Bonchev–Trinajstić information content (AvgIpc) is 2.84. The highest BCUT2D eigenvalue weighted by atomic mass is 16.5. The van der Waals surface area contributed by atoms with E-state index >= 15 is 0 Å². The first-order chi connectivity index (χ1) is 10.1. The Labute approximate surface area is 122 Å². The molecule has 1 atom stereocenters. The molecule has 1 aliphatic rings. The average molecular weight is 291 g/mol. The molecule has 1 saturated heterocycles. The molecule has 0 spiro atoms. The van der Waals surface area contributed by atoms with E-state index in [0.29, 0.717) is 18.8 Å². The Kier molecular flexibility index (Phi) is 4.92. The molecule has 0 saturated carbocycles. The summed E-state index contributed by atoms with van der Waals surface area (Å²) < 4.78 is 9.77. The molecule has 0 bridgehead atoms. The van der Waals surface area contributed by atoms with Crippen LogP contribution in [-0.4, -0.2) is 37.4 Å². The molecule has 6 nitrogen and oxygen atoms in total. The summed E-state index contributed by atoms with van der Waals surface area (Å²) >= 11 is 0. The van der Waals surface area contributed by atoms with Crippen molar-refractivity contribution in [1.29, 1.82) is 0 Å². The molecule has 1 aromatic carbocycles. The topological polar surface area (TPSA) is 81.7 Å². The van der Waals surface area contributed by atoms with Crippen molar-refractivity contribution in [3.05, 3.63) is 29.8 Å². The summed E-state index contributed by atoms with van der Waals surface area (Å²) in [6, 6.07) is 6.46. The van der Waals surface area contributed by atoms with Crippen LogP contribution in [0.1, 0.15) is 18.4 Å². The van der Waals surface area contributed by atoms with Crippen LogP contribution in [0.15, 0.2) is 24.3 Å². The smallest absolute Gasteiger partial charge is 0.328 e. The van der Waals surface area contributed by atoms with Crippen LogP contribution in [0.25, 0.3) is 0 Å². The Morgan fingerprint density at radius 2 is 2.05 bits per heavy atom. The van der Waals surface area contributed by atoms with Gasteiger partial charge in [-0.2, -0.15) is 0 Å². The Hall–Kier alpha value is -2.37. The second kappa shape index (κ2) is 6.88. The maximum Gasteiger partial charge on any atom is 0.328 e. The number of hydrogen-bond acceptors (Lipinski definition) is 5. The third kappa shape index (κ3) is 4.30.